The van der Waals surface area contributed by atoms with E-state index in [1.807, 2.05) is 0 Å². The Hall–Kier alpha value is -1.48. The van der Waals surface area contributed by atoms with Gasteiger partial charge in [-0.15, -0.1) is 11.3 Å². The van der Waals surface area contributed by atoms with E-state index in [4.69, 9.17) is 0 Å². The van der Waals surface area contributed by atoms with Gasteiger partial charge in [-0.1, -0.05) is 18.2 Å². The lowest BCUT2D eigenvalue weighted by molar-refractivity contribution is 0.112. The summed E-state index contributed by atoms with van der Waals surface area (Å²) in [7, 11) is 0. The number of aldehydes is 1. The number of carbonyl (C=O) groups excluding carboxylic acids is 1. The van der Waals surface area contributed by atoms with E-state index in [-0.39, 0.29) is 5.82 Å². The van der Waals surface area contributed by atoms with Crippen LogP contribution in [-0.2, 0) is 0 Å². The maximum Gasteiger partial charge on any atom is 0.151 e. The minimum Gasteiger partial charge on any atom is -0.298 e. The number of carbonyl (C=O) groups is 1. The van der Waals surface area contributed by atoms with Gasteiger partial charge in [0, 0.05) is 16.0 Å². The molecule has 0 bridgehead atoms. The summed E-state index contributed by atoms with van der Waals surface area (Å²) >= 11 is 1.37. The van der Waals surface area contributed by atoms with E-state index in [1.54, 1.807) is 29.6 Å². The number of halogens is 1. The fourth-order valence-corrected chi connectivity index (χ4v) is 2.17. The first-order chi connectivity index (χ1) is 6.83. The van der Waals surface area contributed by atoms with Gasteiger partial charge in [0.05, 0.1) is 0 Å². The second kappa shape index (κ2) is 3.72. The quantitative estimate of drug-likeness (QED) is 0.688. The molecule has 14 heavy (non-hydrogen) atoms. The molecule has 2 rings (SSSR count). The standard InChI is InChI=1S/C11H7FOS/c12-10-4-2-1-3-9(10)11-8(7-13)5-6-14-11/h1-7H. The van der Waals surface area contributed by atoms with E-state index in [9.17, 15) is 9.18 Å². The molecule has 0 spiro atoms. The van der Waals surface area contributed by atoms with E-state index in [0.717, 1.165) is 6.29 Å². The number of rotatable bonds is 2. The molecule has 0 atom stereocenters. The summed E-state index contributed by atoms with van der Waals surface area (Å²) < 4.78 is 13.4. The molecule has 3 heteroatoms. The number of hydrogen-bond acceptors (Lipinski definition) is 2. The zero-order valence-corrected chi connectivity index (χ0v) is 8.05. The highest BCUT2D eigenvalue weighted by Gasteiger charge is 2.09. The van der Waals surface area contributed by atoms with Crippen molar-refractivity contribution in [1.29, 1.82) is 0 Å². The molecule has 0 saturated heterocycles. The zero-order valence-electron chi connectivity index (χ0n) is 7.24. The maximum absolute atomic E-state index is 13.4. The molecule has 0 saturated carbocycles. The molecular weight excluding hydrogens is 199 g/mol. The largest absolute Gasteiger partial charge is 0.298 e. The Labute approximate surface area is 84.8 Å². The van der Waals surface area contributed by atoms with Crippen molar-refractivity contribution >= 4 is 17.6 Å². The number of thiophene rings is 1. The third-order valence-corrected chi connectivity index (χ3v) is 2.90. The van der Waals surface area contributed by atoms with Crippen LogP contribution in [0.4, 0.5) is 4.39 Å². The molecule has 1 aromatic carbocycles. The van der Waals surface area contributed by atoms with E-state index in [0.29, 0.717) is 16.0 Å². The topological polar surface area (TPSA) is 17.1 Å². The maximum atomic E-state index is 13.4. The molecule has 0 aliphatic carbocycles. The van der Waals surface area contributed by atoms with Crippen LogP contribution in [0.5, 0.6) is 0 Å². The molecule has 2 aromatic rings. The first kappa shape index (κ1) is 9.09. The summed E-state index contributed by atoms with van der Waals surface area (Å²) in [5.74, 6) is -0.293. The minimum absolute atomic E-state index is 0.293. The van der Waals surface area contributed by atoms with Crippen LogP contribution in [0.1, 0.15) is 10.4 Å². The van der Waals surface area contributed by atoms with Gasteiger partial charge in [0.25, 0.3) is 0 Å². The second-order valence-corrected chi connectivity index (χ2v) is 3.72. The van der Waals surface area contributed by atoms with E-state index in [1.165, 1.54) is 17.4 Å². The van der Waals surface area contributed by atoms with E-state index >= 15 is 0 Å². The summed E-state index contributed by atoms with van der Waals surface area (Å²) in [4.78, 5) is 11.3. The Morgan fingerprint density at radius 3 is 2.71 bits per heavy atom. The second-order valence-electron chi connectivity index (χ2n) is 2.80. The molecule has 0 amide bonds. The summed E-state index contributed by atoms with van der Waals surface area (Å²) in [6.45, 7) is 0. The molecule has 0 N–H and O–H groups in total. The Kier molecular flexibility index (Phi) is 2.41. The van der Waals surface area contributed by atoms with Crippen molar-refractivity contribution in [2.75, 3.05) is 0 Å². The van der Waals surface area contributed by atoms with Crippen molar-refractivity contribution in [3.8, 4) is 10.4 Å². The van der Waals surface area contributed by atoms with Crippen molar-refractivity contribution in [2.45, 2.75) is 0 Å². The van der Waals surface area contributed by atoms with Gasteiger partial charge >= 0.3 is 0 Å². The highest BCUT2D eigenvalue weighted by atomic mass is 32.1. The number of hydrogen-bond donors (Lipinski definition) is 0. The van der Waals surface area contributed by atoms with Crippen LogP contribution in [-0.4, -0.2) is 6.29 Å². The molecule has 0 fully saturated rings. The van der Waals surface area contributed by atoms with Crippen LogP contribution in [0, 0.1) is 5.82 Å². The summed E-state index contributed by atoms with van der Waals surface area (Å²) in [5.41, 5.74) is 1.03. The minimum atomic E-state index is -0.293. The lowest BCUT2D eigenvalue weighted by atomic mass is 10.1. The Morgan fingerprint density at radius 1 is 1.21 bits per heavy atom. The zero-order chi connectivity index (χ0) is 9.97. The van der Waals surface area contributed by atoms with Gasteiger partial charge in [-0.25, -0.2) is 4.39 Å². The highest BCUT2D eigenvalue weighted by molar-refractivity contribution is 7.14. The fraction of sp³-hybridized carbons (Fsp3) is 0. The van der Waals surface area contributed by atoms with E-state index in [2.05, 4.69) is 0 Å². The summed E-state index contributed by atoms with van der Waals surface area (Å²) in [5, 5.41) is 1.78. The van der Waals surface area contributed by atoms with Gasteiger partial charge in [0.1, 0.15) is 5.82 Å². The lowest BCUT2D eigenvalue weighted by Crippen LogP contribution is -1.84. The Morgan fingerprint density at radius 2 is 2.00 bits per heavy atom. The van der Waals surface area contributed by atoms with E-state index < -0.39 is 0 Å². The Bertz CT molecular complexity index is 462. The van der Waals surface area contributed by atoms with Crippen LogP contribution in [0.2, 0.25) is 0 Å². The lowest BCUT2D eigenvalue weighted by Gasteiger charge is -1.99. The fourth-order valence-electron chi connectivity index (χ4n) is 1.28. The van der Waals surface area contributed by atoms with Crippen LogP contribution in [0.25, 0.3) is 10.4 Å². The van der Waals surface area contributed by atoms with Crippen molar-refractivity contribution in [1.82, 2.24) is 0 Å². The SMILES string of the molecule is O=Cc1ccsc1-c1ccccc1F. The van der Waals surface area contributed by atoms with Gasteiger partial charge in [-0.3, -0.25) is 4.79 Å². The smallest absolute Gasteiger partial charge is 0.151 e. The van der Waals surface area contributed by atoms with Crippen molar-refractivity contribution in [2.24, 2.45) is 0 Å². The van der Waals surface area contributed by atoms with Crippen LogP contribution in [0.15, 0.2) is 35.7 Å². The third-order valence-electron chi connectivity index (χ3n) is 1.94. The molecule has 1 heterocycles. The van der Waals surface area contributed by atoms with Gasteiger partial charge in [0.15, 0.2) is 6.29 Å². The van der Waals surface area contributed by atoms with Gasteiger partial charge in [-0.05, 0) is 17.5 Å². The molecule has 0 aliphatic heterocycles. The molecule has 0 unspecified atom stereocenters. The van der Waals surface area contributed by atoms with Gasteiger partial charge in [0.2, 0.25) is 0 Å². The first-order valence-electron chi connectivity index (χ1n) is 4.10. The predicted molar refractivity (Wildman–Crippen MR) is 55.1 cm³/mol. The molecule has 0 aliphatic rings. The molecule has 70 valence electrons. The number of benzene rings is 1. The monoisotopic (exact) mass is 206 g/mol. The molecule has 1 aromatic heterocycles. The van der Waals surface area contributed by atoms with Gasteiger partial charge < -0.3 is 0 Å². The van der Waals surface area contributed by atoms with Crippen LogP contribution in [0.3, 0.4) is 0 Å². The molecule has 0 radical (unpaired) electrons. The van der Waals surface area contributed by atoms with Crippen LogP contribution >= 0.6 is 11.3 Å². The predicted octanol–water partition coefficient (Wildman–Crippen LogP) is 3.37. The summed E-state index contributed by atoms with van der Waals surface area (Å²) in [6.07, 6.45) is 0.748. The van der Waals surface area contributed by atoms with Crippen molar-refractivity contribution in [3.63, 3.8) is 0 Å². The normalized spacial score (nSPS) is 10.1. The Balaban J connectivity index is 2.60. The third kappa shape index (κ3) is 1.46. The first-order valence-corrected chi connectivity index (χ1v) is 4.98. The molecule has 1 nitrogen and oxygen atoms in total. The van der Waals surface area contributed by atoms with Crippen LogP contribution < -0.4 is 0 Å². The molecular formula is C11H7FOS. The van der Waals surface area contributed by atoms with Crippen molar-refractivity contribution in [3.05, 3.63) is 47.1 Å². The van der Waals surface area contributed by atoms with Crippen molar-refractivity contribution < 1.29 is 9.18 Å². The average molecular weight is 206 g/mol. The average Bonchev–Trinajstić information content (AvgIpc) is 2.66. The highest BCUT2D eigenvalue weighted by Crippen LogP contribution is 2.30. The van der Waals surface area contributed by atoms with Gasteiger partial charge in [-0.2, -0.15) is 0 Å². The summed E-state index contributed by atoms with van der Waals surface area (Å²) in [6, 6.07) is 8.15.